The molecule has 0 amide bonds. The van der Waals surface area contributed by atoms with Gasteiger partial charge in [0.05, 0.1) is 12.6 Å². The standard InChI is InChI=1S/C31H35N5S/c1-21-9-11-22(12-10-21)19-36-29(27(32)17-24-18-33-28-8-6-5-7-26(24)28)34-35-30(36)37-20-23-13-15-25(16-14-23)31(2,3)4/h5-16,18,27,33H,17,19-20,32H2,1-4H3. The van der Waals surface area contributed by atoms with Gasteiger partial charge in [-0.2, -0.15) is 0 Å². The first-order chi connectivity index (χ1) is 17.8. The Morgan fingerprint density at radius 1 is 0.919 bits per heavy atom. The second-order valence-electron chi connectivity index (χ2n) is 10.8. The summed E-state index contributed by atoms with van der Waals surface area (Å²) in [7, 11) is 0. The lowest BCUT2D eigenvalue weighted by molar-refractivity contribution is 0.589. The van der Waals surface area contributed by atoms with Crippen molar-refractivity contribution in [3.05, 3.63) is 113 Å². The van der Waals surface area contributed by atoms with E-state index in [0.29, 0.717) is 13.0 Å². The Morgan fingerprint density at radius 2 is 1.62 bits per heavy atom. The summed E-state index contributed by atoms with van der Waals surface area (Å²) in [5, 5.41) is 11.3. The normalized spacial score (nSPS) is 12.8. The summed E-state index contributed by atoms with van der Waals surface area (Å²) in [5.74, 6) is 1.64. The fourth-order valence-corrected chi connectivity index (χ4v) is 5.48. The lowest BCUT2D eigenvalue weighted by Crippen LogP contribution is -2.20. The summed E-state index contributed by atoms with van der Waals surface area (Å²) in [6.45, 7) is 9.52. The maximum Gasteiger partial charge on any atom is 0.191 e. The predicted octanol–water partition coefficient (Wildman–Crippen LogP) is 6.95. The molecular formula is C31H35N5S. The third-order valence-corrected chi connectivity index (χ3v) is 7.88. The Bertz CT molecular complexity index is 1470. The number of fused-ring (bicyclic) bond motifs is 1. The van der Waals surface area contributed by atoms with Gasteiger partial charge in [-0.05, 0) is 47.1 Å². The lowest BCUT2D eigenvalue weighted by Gasteiger charge is -2.19. The van der Waals surface area contributed by atoms with Gasteiger partial charge in [0.1, 0.15) is 0 Å². The number of para-hydroxylation sites is 1. The van der Waals surface area contributed by atoms with Crippen molar-refractivity contribution in [3.63, 3.8) is 0 Å². The molecule has 1 atom stereocenters. The van der Waals surface area contributed by atoms with Crippen LogP contribution < -0.4 is 5.73 Å². The van der Waals surface area contributed by atoms with Crippen molar-refractivity contribution in [1.82, 2.24) is 19.7 Å². The van der Waals surface area contributed by atoms with E-state index in [1.807, 2.05) is 6.07 Å². The molecule has 0 radical (unpaired) electrons. The number of thioether (sulfide) groups is 1. The van der Waals surface area contributed by atoms with Crippen LogP contribution in [0.25, 0.3) is 10.9 Å². The van der Waals surface area contributed by atoms with E-state index in [2.05, 4.69) is 120 Å². The van der Waals surface area contributed by atoms with Gasteiger partial charge < -0.3 is 15.3 Å². The van der Waals surface area contributed by atoms with Crippen LogP contribution in [-0.2, 0) is 24.1 Å². The highest BCUT2D eigenvalue weighted by atomic mass is 32.2. The molecule has 0 bridgehead atoms. The summed E-state index contributed by atoms with van der Waals surface area (Å²) in [4.78, 5) is 3.36. The van der Waals surface area contributed by atoms with Crippen LogP contribution in [0, 0.1) is 6.92 Å². The zero-order chi connectivity index (χ0) is 26.0. The van der Waals surface area contributed by atoms with Crippen molar-refractivity contribution >= 4 is 22.7 Å². The maximum atomic E-state index is 6.79. The minimum atomic E-state index is -0.266. The molecule has 37 heavy (non-hydrogen) atoms. The number of aryl methyl sites for hydroxylation is 1. The first kappa shape index (κ1) is 25.3. The van der Waals surface area contributed by atoms with E-state index >= 15 is 0 Å². The molecule has 5 aromatic rings. The highest BCUT2D eigenvalue weighted by molar-refractivity contribution is 7.98. The Morgan fingerprint density at radius 3 is 2.35 bits per heavy atom. The molecule has 0 saturated heterocycles. The average Bonchev–Trinajstić information content (AvgIpc) is 3.48. The number of nitrogens with zero attached hydrogens (tertiary/aromatic N) is 3. The SMILES string of the molecule is Cc1ccc(Cn2c(SCc3ccc(C(C)(C)C)cc3)nnc2C(N)Cc2c[nH]c3ccccc23)cc1. The van der Waals surface area contributed by atoms with Crippen molar-refractivity contribution in [2.75, 3.05) is 0 Å². The summed E-state index contributed by atoms with van der Waals surface area (Å²) in [6.07, 6.45) is 2.75. The number of aromatic amines is 1. The molecule has 2 aromatic heterocycles. The Labute approximate surface area is 223 Å². The number of benzene rings is 3. The van der Waals surface area contributed by atoms with Gasteiger partial charge in [-0.25, -0.2) is 0 Å². The smallest absolute Gasteiger partial charge is 0.191 e. The Kier molecular flexibility index (Phi) is 7.22. The highest BCUT2D eigenvalue weighted by Gasteiger charge is 2.21. The third-order valence-electron chi connectivity index (χ3n) is 6.84. The maximum absolute atomic E-state index is 6.79. The molecule has 2 heterocycles. The van der Waals surface area contributed by atoms with Gasteiger partial charge >= 0.3 is 0 Å². The quantitative estimate of drug-likeness (QED) is 0.222. The summed E-state index contributed by atoms with van der Waals surface area (Å²) in [5.41, 5.74) is 14.3. The van der Waals surface area contributed by atoms with E-state index in [1.165, 1.54) is 33.2 Å². The summed E-state index contributed by atoms with van der Waals surface area (Å²) >= 11 is 1.71. The van der Waals surface area contributed by atoms with Gasteiger partial charge in [0, 0.05) is 22.9 Å². The van der Waals surface area contributed by atoms with Crippen LogP contribution in [0.2, 0.25) is 0 Å². The van der Waals surface area contributed by atoms with Crippen molar-refractivity contribution in [2.45, 2.75) is 63.0 Å². The first-order valence-electron chi connectivity index (χ1n) is 12.8. The molecule has 6 heteroatoms. The minimum Gasteiger partial charge on any atom is -0.361 e. The fraction of sp³-hybridized carbons (Fsp3) is 0.290. The summed E-state index contributed by atoms with van der Waals surface area (Å²) in [6, 6.07) is 25.6. The van der Waals surface area contributed by atoms with Gasteiger partial charge in [0.25, 0.3) is 0 Å². The van der Waals surface area contributed by atoms with E-state index in [1.54, 1.807) is 11.8 Å². The van der Waals surface area contributed by atoms with E-state index in [4.69, 9.17) is 5.73 Å². The van der Waals surface area contributed by atoms with E-state index in [9.17, 15) is 0 Å². The van der Waals surface area contributed by atoms with Crippen LogP contribution in [0.4, 0.5) is 0 Å². The minimum absolute atomic E-state index is 0.149. The number of H-pyrrole nitrogens is 1. The van der Waals surface area contributed by atoms with Gasteiger partial charge in [0.15, 0.2) is 11.0 Å². The van der Waals surface area contributed by atoms with Crippen molar-refractivity contribution in [1.29, 1.82) is 0 Å². The number of hydrogen-bond acceptors (Lipinski definition) is 4. The van der Waals surface area contributed by atoms with E-state index in [0.717, 1.165) is 22.3 Å². The number of rotatable bonds is 8. The van der Waals surface area contributed by atoms with Gasteiger partial charge in [0.2, 0.25) is 0 Å². The Balaban J connectivity index is 1.40. The van der Waals surface area contributed by atoms with Crippen LogP contribution >= 0.6 is 11.8 Å². The molecule has 0 aliphatic heterocycles. The molecule has 190 valence electrons. The second-order valence-corrected chi connectivity index (χ2v) is 11.8. The number of nitrogens with two attached hydrogens (primary N) is 1. The molecule has 3 aromatic carbocycles. The van der Waals surface area contributed by atoms with E-state index in [-0.39, 0.29) is 11.5 Å². The number of hydrogen-bond donors (Lipinski definition) is 2. The lowest BCUT2D eigenvalue weighted by atomic mass is 9.87. The van der Waals surface area contributed by atoms with Crippen LogP contribution in [0.15, 0.2) is 84.1 Å². The Hall–Kier alpha value is -3.35. The summed E-state index contributed by atoms with van der Waals surface area (Å²) < 4.78 is 2.19. The fourth-order valence-electron chi connectivity index (χ4n) is 4.58. The van der Waals surface area contributed by atoms with Crippen molar-refractivity contribution in [2.24, 2.45) is 5.73 Å². The third kappa shape index (κ3) is 5.81. The molecule has 0 spiro atoms. The molecule has 5 rings (SSSR count). The molecule has 0 aliphatic rings. The zero-order valence-corrected chi connectivity index (χ0v) is 22.8. The molecule has 1 unspecified atom stereocenters. The van der Waals surface area contributed by atoms with Gasteiger partial charge in [-0.15, -0.1) is 10.2 Å². The molecule has 5 nitrogen and oxygen atoms in total. The van der Waals surface area contributed by atoms with Gasteiger partial charge in [-0.1, -0.05) is 105 Å². The molecule has 0 aliphatic carbocycles. The van der Waals surface area contributed by atoms with Crippen molar-refractivity contribution < 1.29 is 0 Å². The molecular weight excluding hydrogens is 474 g/mol. The second kappa shape index (κ2) is 10.6. The van der Waals surface area contributed by atoms with Crippen LogP contribution in [-0.4, -0.2) is 19.7 Å². The van der Waals surface area contributed by atoms with Crippen LogP contribution in [0.3, 0.4) is 0 Å². The largest absolute Gasteiger partial charge is 0.361 e. The van der Waals surface area contributed by atoms with Crippen LogP contribution in [0.5, 0.6) is 0 Å². The highest BCUT2D eigenvalue weighted by Crippen LogP contribution is 2.29. The molecule has 0 fully saturated rings. The number of aromatic nitrogens is 4. The number of nitrogens with one attached hydrogen (secondary N) is 1. The molecule has 0 saturated carbocycles. The molecule has 3 N–H and O–H groups in total. The van der Waals surface area contributed by atoms with Crippen molar-refractivity contribution in [3.8, 4) is 0 Å². The van der Waals surface area contributed by atoms with E-state index < -0.39 is 0 Å². The average molecular weight is 510 g/mol. The predicted molar refractivity (Wildman–Crippen MR) is 154 cm³/mol. The van der Waals surface area contributed by atoms with Crippen LogP contribution in [0.1, 0.15) is 60.5 Å². The van der Waals surface area contributed by atoms with Gasteiger partial charge in [-0.3, -0.25) is 0 Å². The topological polar surface area (TPSA) is 72.5 Å². The first-order valence-corrected chi connectivity index (χ1v) is 13.8. The zero-order valence-electron chi connectivity index (χ0n) is 22.0. The monoisotopic (exact) mass is 509 g/mol.